The van der Waals surface area contributed by atoms with Crippen LogP contribution in [0.15, 0.2) is 75.9 Å². The minimum absolute atomic E-state index is 0.115. The van der Waals surface area contributed by atoms with Crippen LogP contribution < -0.4 is 14.9 Å². The van der Waals surface area contributed by atoms with Crippen molar-refractivity contribution in [3.8, 4) is 22.8 Å². The molecular weight excluding hydrogens is 439 g/mol. The first-order valence-electron chi connectivity index (χ1n) is 9.34. The largest absolute Gasteiger partial charge is 0.482 e. The molecule has 0 atom stereocenters. The van der Waals surface area contributed by atoms with Gasteiger partial charge >= 0.3 is 5.97 Å². The van der Waals surface area contributed by atoms with Gasteiger partial charge in [-0.3, -0.25) is 4.79 Å². The molecule has 5 nitrogen and oxygen atoms in total. The third kappa shape index (κ3) is 4.58. The number of benzene rings is 3. The summed E-state index contributed by atoms with van der Waals surface area (Å²) in [6, 6.07) is 18.6. The minimum atomic E-state index is -0.746. The summed E-state index contributed by atoms with van der Waals surface area (Å²) < 4.78 is 16.8. The highest BCUT2D eigenvalue weighted by Gasteiger charge is 2.21. The van der Waals surface area contributed by atoms with Crippen LogP contribution in [0.2, 0.25) is 10.0 Å². The van der Waals surface area contributed by atoms with E-state index in [1.165, 1.54) is 6.07 Å². The van der Waals surface area contributed by atoms with Crippen molar-refractivity contribution in [2.24, 2.45) is 0 Å². The summed E-state index contributed by atoms with van der Waals surface area (Å²) in [5, 5.41) is 1.13. The van der Waals surface area contributed by atoms with Crippen molar-refractivity contribution < 1.29 is 18.7 Å². The monoisotopic (exact) mass is 454 g/mol. The van der Waals surface area contributed by atoms with Crippen LogP contribution in [0, 0.1) is 6.92 Å². The first kappa shape index (κ1) is 21.0. The molecule has 4 aromatic rings. The summed E-state index contributed by atoms with van der Waals surface area (Å²) >= 11 is 12.2. The number of rotatable bonds is 5. The topological polar surface area (TPSA) is 65.7 Å². The second-order valence-corrected chi connectivity index (χ2v) is 7.61. The summed E-state index contributed by atoms with van der Waals surface area (Å²) in [4.78, 5) is 25.7. The van der Waals surface area contributed by atoms with Gasteiger partial charge in [0.2, 0.25) is 11.2 Å². The molecule has 0 fully saturated rings. The second-order valence-electron chi connectivity index (χ2n) is 6.77. The van der Waals surface area contributed by atoms with Gasteiger partial charge in [-0.1, -0.05) is 41.4 Å². The standard InChI is InChI=1S/C24H16Cl2O5/c1-14-11-20-18(12-19(14)26)22(28)24(23(30-20)15-7-9-16(25)10-8-15)31-21(27)13-29-17-5-3-2-4-6-17/h2-12H,13H2,1H3. The van der Waals surface area contributed by atoms with E-state index in [0.717, 1.165) is 5.56 Å². The highest BCUT2D eigenvalue weighted by atomic mass is 35.5. The summed E-state index contributed by atoms with van der Waals surface area (Å²) in [6.45, 7) is 1.43. The molecule has 1 aromatic heterocycles. The first-order chi connectivity index (χ1) is 14.9. The molecule has 0 radical (unpaired) electrons. The Morgan fingerprint density at radius 3 is 2.42 bits per heavy atom. The molecule has 0 saturated carbocycles. The lowest BCUT2D eigenvalue weighted by Crippen LogP contribution is -2.21. The number of fused-ring (bicyclic) bond motifs is 1. The maximum absolute atomic E-state index is 13.2. The van der Waals surface area contributed by atoms with Crippen molar-refractivity contribution in [1.82, 2.24) is 0 Å². The molecule has 1 heterocycles. The summed E-state index contributed by atoms with van der Waals surface area (Å²) in [6.07, 6.45) is 0. The Labute approximate surface area is 187 Å². The summed E-state index contributed by atoms with van der Waals surface area (Å²) in [5.74, 6) is -0.366. The molecule has 3 aromatic carbocycles. The van der Waals surface area contributed by atoms with E-state index in [0.29, 0.717) is 26.9 Å². The fourth-order valence-electron chi connectivity index (χ4n) is 2.98. The molecule has 0 spiro atoms. The van der Waals surface area contributed by atoms with Crippen LogP contribution >= 0.6 is 23.2 Å². The van der Waals surface area contributed by atoms with Crippen molar-refractivity contribution in [2.75, 3.05) is 6.61 Å². The molecular formula is C24H16Cl2O5. The quantitative estimate of drug-likeness (QED) is 0.343. The van der Waals surface area contributed by atoms with Gasteiger partial charge in [0.15, 0.2) is 12.4 Å². The van der Waals surface area contributed by atoms with Crippen LogP contribution in [0.25, 0.3) is 22.3 Å². The zero-order valence-electron chi connectivity index (χ0n) is 16.4. The number of hydrogen-bond acceptors (Lipinski definition) is 5. The Hall–Kier alpha value is -3.28. The Morgan fingerprint density at radius 2 is 1.71 bits per heavy atom. The average Bonchev–Trinajstić information content (AvgIpc) is 2.77. The number of aryl methyl sites for hydroxylation is 1. The van der Waals surface area contributed by atoms with Crippen LogP contribution in [0.5, 0.6) is 11.5 Å². The molecule has 4 rings (SSSR count). The summed E-state index contributed by atoms with van der Waals surface area (Å²) in [5.41, 5.74) is 1.10. The van der Waals surface area contributed by atoms with Crippen molar-refractivity contribution in [3.05, 3.63) is 92.6 Å². The fraction of sp³-hybridized carbons (Fsp3) is 0.0833. The maximum atomic E-state index is 13.2. The number of esters is 1. The predicted octanol–water partition coefficient (Wildman–Crippen LogP) is 6.06. The van der Waals surface area contributed by atoms with Gasteiger partial charge in [-0.25, -0.2) is 4.79 Å². The van der Waals surface area contributed by atoms with Crippen molar-refractivity contribution in [3.63, 3.8) is 0 Å². The lowest BCUT2D eigenvalue weighted by Gasteiger charge is -2.12. The number of halogens is 2. The van der Waals surface area contributed by atoms with E-state index in [9.17, 15) is 9.59 Å². The van der Waals surface area contributed by atoms with E-state index < -0.39 is 11.4 Å². The normalized spacial score (nSPS) is 10.8. The third-order valence-corrected chi connectivity index (χ3v) is 5.21. The van der Waals surface area contributed by atoms with Crippen molar-refractivity contribution in [1.29, 1.82) is 0 Å². The van der Waals surface area contributed by atoms with Gasteiger partial charge in [0.1, 0.15) is 11.3 Å². The van der Waals surface area contributed by atoms with Gasteiger partial charge in [-0.05, 0) is 61.0 Å². The summed E-state index contributed by atoms with van der Waals surface area (Å²) in [7, 11) is 0. The van der Waals surface area contributed by atoms with Gasteiger partial charge in [-0.15, -0.1) is 0 Å². The zero-order chi connectivity index (χ0) is 22.0. The van der Waals surface area contributed by atoms with Crippen LogP contribution in [0.3, 0.4) is 0 Å². The van der Waals surface area contributed by atoms with Gasteiger partial charge in [0.05, 0.1) is 5.39 Å². The molecule has 0 aliphatic heterocycles. The smallest absolute Gasteiger partial charge is 0.349 e. The molecule has 0 unspecified atom stereocenters. The average molecular weight is 455 g/mol. The molecule has 0 N–H and O–H groups in total. The van der Waals surface area contributed by atoms with E-state index in [4.69, 9.17) is 37.1 Å². The second kappa shape index (κ2) is 8.84. The molecule has 31 heavy (non-hydrogen) atoms. The van der Waals surface area contributed by atoms with Crippen molar-refractivity contribution in [2.45, 2.75) is 6.92 Å². The molecule has 0 saturated heterocycles. The Balaban J connectivity index is 1.76. The number of hydrogen-bond donors (Lipinski definition) is 0. The van der Waals surface area contributed by atoms with Gasteiger partial charge in [0, 0.05) is 15.6 Å². The zero-order valence-corrected chi connectivity index (χ0v) is 17.9. The van der Waals surface area contributed by atoms with E-state index in [1.807, 2.05) is 6.07 Å². The third-order valence-electron chi connectivity index (χ3n) is 4.55. The minimum Gasteiger partial charge on any atom is -0.482 e. The number of ether oxygens (including phenoxy) is 2. The Morgan fingerprint density at radius 1 is 1.00 bits per heavy atom. The fourth-order valence-corrected chi connectivity index (χ4v) is 3.27. The van der Waals surface area contributed by atoms with E-state index in [1.54, 1.807) is 61.5 Å². The van der Waals surface area contributed by atoms with Crippen LogP contribution in [-0.2, 0) is 4.79 Å². The van der Waals surface area contributed by atoms with Crippen LogP contribution in [-0.4, -0.2) is 12.6 Å². The maximum Gasteiger partial charge on any atom is 0.349 e. The first-order valence-corrected chi connectivity index (χ1v) is 10.1. The number of carbonyl (C=O) groups is 1. The van der Waals surface area contributed by atoms with Gasteiger partial charge < -0.3 is 13.9 Å². The molecule has 0 aliphatic rings. The van der Waals surface area contributed by atoms with E-state index >= 15 is 0 Å². The molecule has 7 heteroatoms. The Bertz CT molecular complexity index is 1310. The molecule has 0 amide bonds. The number of carbonyl (C=O) groups excluding carboxylic acids is 1. The van der Waals surface area contributed by atoms with Crippen molar-refractivity contribution >= 4 is 40.1 Å². The highest BCUT2D eigenvalue weighted by molar-refractivity contribution is 6.32. The molecule has 0 bridgehead atoms. The predicted molar refractivity (Wildman–Crippen MR) is 120 cm³/mol. The van der Waals surface area contributed by atoms with E-state index in [-0.39, 0.29) is 23.5 Å². The van der Waals surface area contributed by atoms with E-state index in [2.05, 4.69) is 0 Å². The lowest BCUT2D eigenvalue weighted by atomic mass is 10.1. The van der Waals surface area contributed by atoms with Crippen LogP contribution in [0.4, 0.5) is 0 Å². The SMILES string of the molecule is Cc1cc2oc(-c3ccc(Cl)cc3)c(OC(=O)COc3ccccc3)c(=O)c2cc1Cl. The highest BCUT2D eigenvalue weighted by Crippen LogP contribution is 2.33. The molecule has 156 valence electrons. The lowest BCUT2D eigenvalue weighted by molar-refractivity contribution is -0.136. The number of para-hydroxylation sites is 1. The van der Waals surface area contributed by atoms with Gasteiger partial charge in [-0.2, -0.15) is 0 Å². The van der Waals surface area contributed by atoms with Gasteiger partial charge in [0.25, 0.3) is 0 Å². The molecule has 0 aliphatic carbocycles. The van der Waals surface area contributed by atoms with Crippen LogP contribution in [0.1, 0.15) is 5.56 Å². The Kier molecular flexibility index (Phi) is 5.98.